The van der Waals surface area contributed by atoms with Gasteiger partial charge in [0, 0.05) is 30.3 Å². The molecule has 1 spiro atoms. The molecule has 3 aromatic rings. The zero-order chi connectivity index (χ0) is 22.6. The molecule has 0 radical (unpaired) electrons. The minimum Gasteiger partial charge on any atom is -0.450 e. The van der Waals surface area contributed by atoms with E-state index in [2.05, 4.69) is 6.58 Å². The number of hydrogen-bond donors (Lipinski definition) is 1. The summed E-state index contributed by atoms with van der Waals surface area (Å²) in [5.74, 6) is -1.16. The SMILES string of the molecule is C=CCN1C(=O)C2(c3ccccc31)c1c(oc3ccc(Cl)cc3c1=O)C(=O)N2CCCO. The van der Waals surface area contributed by atoms with Crippen LogP contribution in [0.15, 0.2) is 64.3 Å². The molecule has 7 nitrogen and oxygen atoms in total. The Balaban J connectivity index is 1.91. The van der Waals surface area contributed by atoms with E-state index in [0.29, 0.717) is 16.3 Å². The normalized spacial score (nSPS) is 19.2. The molecule has 2 aliphatic heterocycles. The Hall–Kier alpha value is -3.42. The van der Waals surface area contributed by atoms with Crippen LogP contribution in [0.3, 0.4) is 0 Å². The molecule has 2 amide bonds. The van der Waals surface area contributed by atoms with Crippen molar-refractivity contribution < 1.29 is 19.1 Å². The Bertz CT molecular complexity index is 1360. The van der Waals surface area contributed by atoms with Crippen LogP contribution in [0.4, 0.5) is 5.69 Å². The van der Waals surface area contributed by atoms with E-state index in [1.165, 1.54) is 21.9 Å². The molecule has 0 fully saturated rings. The molecule has 0 aliphatic carbocycles. The lowest BCUT2D eigenvalue weighted by Crippen LogP contribution is -2.53. The molecule has 0 bridgehead atoms. The van der Waals surface area contributed by atoms with Crippen molar-refractivity contribution in [3.8, 4) is 0 Å². The highest BCUT2D eigenvalue weighted by atomic mass is 35.5. The van der Waals surface area contributed by atoms with Crippen molar-refractivity contribution in [2.75, 3.05) is 24.6 Å². The van der Waals surface area contributed by atoms with Gasteiger partial charge in [0.1, 0.15) is 5.58 Å². The van der Waals surface area contributed by atoms with E-state index in [0.717, 1.165) is 0 Å². The first-order valence-electron chi connectivity index (χ1n) is 10.2. The molecule has 32 heavy (non-hydrogen) atoms. The van der Waals surface area contributed by atoms with Crippen molar-refractivity contribution >= 4 is 40.1 Å². The molecule has 3 heterocycles. The zero-order valence-corrected chi connectivity index (χ0v) is 17.8. The van der Waals surface area contributed by atoms with E-state index in [1.807, 2.05) is 0 Å². The molecule has 2 aromatic carbocycles. The maximum atomic E-state index is 14.0. The van der Waals surface area contributed by atoms with Gasteiger partial charge in [0.25, 0.3) is 11.8 Å². The molecule has 1 atom stereocenters. The van der Waals surface area contributed by atoms with Crippen LogP contribution in [0.2, 0.25) is 5.02 Å². The third-order valence-corrected chi connectivity index (χ3v) is 6.28. The Morgan fingerprint density at radius 1 is 1.16 bits per heavy atom. The van der Waals surface area contributed by atoms with E-state index < -0.39 is 22.8 Å². The van der Waals surface area contributed by atoms with Crippen LogP contribution in [0, 0.1) is 0 Å². The van der Waals surface area contributed by atoms with Gasteiger partial charge in [0.15, 0.2) is 11.0 Å². The number of anilines is 1. The molecule has 1 aromatic heterocycles. The van der Waals surface area contributed by atoms with Crippen LogP contribution in [0.5, 0.6) is 0 Å². The fourth-order valence-corrected chi connectivity index (χ4v) is 4.97. The minimum atomic E-state index is -1.68. The lowest BCUT2D eigenvalue weighted by molar-refractivity contribution is -0.126. The second-order valence-corrected chi connectivity index (χ2v) is 8.18. The molecule has 5 rings (SSSR count). The maximum absolute atomic E-state index is 14.0. The number of nitrogens with zero attached hydrogens (tertiary/aromatic N) is 2. The predicted octanol–water partition coefficient (Wildman–Crippen LogP) is 3.06. The number of hydrogen-bond acceptors (Lipinski definition) is 5. The monoisotopic (exact) mass is 450 g/mol. The third kappa shape index (κ3) is 2.49. The summed E-state index contributed by atoms with van der Waals surface area (Å²) in [5.41, 5.74) is -0.847. The Morgan fingerprint density at radius 2 is 1.94 bits per heavy atom. The predicted molar refractivity (Wildman–Crippen MR) is 120 cm³/mol. The van der Waals surface area contributed by atoms with Crippen molar-refractivity contribution in [1.82, 2.24) is 4.90 Å². The van der Waals surface area contributed by atoms with E-state index in [-0.39, 0.29) is 48.4 Å². The van der Waals surface area contributed by atoms with Gasteiger partial charge in [-0.15, -0.1) is 6.58 Å². The summed E-state index contributed by atoms with van der Waals surface area (Å²) in [6.07, 6.45) is 1.82. The van der Waals surface area contributed by atoms with Crippen LogP contribution < -0.4 is 10.3 Å². The van der Waals surface area contributed by atoms with Gasteiger partial charge in [0.05, 0.1) is 16.6 Å². The molecule has 0 saturated heterocycles. The summed E-state index contributed by atoms with van der Waals surface area (Å²) in [6.45, 7) is 3.84. The molecular weight excluding hydrogens is 432 g/mol. The molecular formula is C24H19ClN2O5. The van der Waals surface area contributed by atoms with Crippen LogP contribution in [-0.2, 0) is 10.3 Å². The lowest BCUT2D eigenvalue weighted by Gasteiger charge is -2.34. The first-order chi connectivity index (χ1) is 15.5. The number of para-hydroxylation sites is 1. The summed E-state index contributed by atoms with van der Waals surface area (Å²) in [7, 11) is 0. The standard InChI is InChI=1S/C24H19ClN2O5/c1-2-10-26-17-7-4-3-6-16(17)24(23(26)31)19-20(29)15-13-14(25)8-9-18(15)32-21(19)22(30)27(24)11-5-12-28/h2-4,6-9,13,28H,1,5,10-12H2. The first-order valence-corrected chi connectivity index (χ1v) is 10.6. The summed E-state index contributed by atoms with van der Waals surface area (Å²) in [4.78, 5) is 44.2. The number of halogens is 1. The summed E-state index contributed by atoms with van der Waals surface area (Å²) >= 11 is 6.12. The molecule has 2 aliphatic rings. The van der Waals surface area contributed by atoms with Gasteiger partial charge >= 0.3 is 0 Å². The number of rotatable bonds is 5. The van der Waals surface area contributed by atoms with Gasteiger partial charge in [-0.3, -0.25) is 14.4 Å². The number of aliphatic hydroxyl groups is 1. The van der Waals surface area contributed by atoms with Crippen molar-refractivity contribution in [3.05, 3.63) is 87.3 Å². The van der Waals surface area contributed by atoms with Gasteiger partial charge < -0.3 is 19.3 Å². The molecule has 162 valence electrons. The van der Waals surface area contributed by atoms with Crippen LogP contribution in [0.1, 0.15) is 28.1 Å². The molecule has 0 saturated carbocycles. The number of aliphatic hydroxyl groups excluding tert-OH is 1. The second kappa shape index (κ2) is 7.32. The van der Waals surface area contributed by atoms with Crippen molar-refractivity contribution in [3.63, 3.8) is 0 Å². The highest BCUT2D eigenvalue weighted by Crippen LogP contribution is 2.52. The van der Waals surface area contributed by atoms with Crippen LogP contribution in [-0.4, -0.2) is 41.5 Å². The van der Waals surface area contributed by atoms with E-state index in [4.69, 9.17) is 16.0 Å². The van der Waals surface area contributed by atoms with Gasteiger partial charge in [-0.05, 0) is 30.7 Å². The largest absolute Gasteiger partial charge is 0.450 e. The Labute approximate surface area is 188 Å². The van der Waals surface area contributed by atoms with Crippen LogP contribution in [0.25, 0.3) is 11.0 Å². The summed E-state index contributed by atoms with van der Waals surface area (Å²) in [5, 5.41) is 9.99. The fraction of sp³-hybridized carbons (Fsp3) is 0.208. The topological polar surface area (TPSA) is 91.1 Å². The van der Waals surface area contributed by atoms with E-state index in [1.54, 1.807) is 36.4 Å². The van der Waals surface area contributed by atoms with Crippen molar-refractivity contribution in [1.29, 1.82) is 0 Å². The fourth-order valence-electron chi connectivity index (χ4n) is 4.80. The smallest absolute Gasteiger partial charge is 0.291 e. The lowest BCUT2D eigenvalue weighted by atomic mass is 9.84. The molecule has 1 N–H and O–H groups in total. The zero-order valence-electron chi connectivity index (χ0n) is 17.0. The Morgan fingerprint density at radius 3 is 2.69 bits per heavy atom. The first kappa shape index (κ1) is 20.5. The summed E-state index contributed by atoms with van der Waals surface area (Å²) < 4.78 is 5.90. The number of fused-ring (bicyclic) bond motifs is 5. The quantitative estimate of drug-likeness (QED) is 0.603. The highest BCUT2D eigenvalue weighted by molar-refractivity contribution is 6.31. The second-order valence-electron chi connectivity index (χ2n) is 7.74. The minimum absolute atomic E-state index is 0.0146. The number of amides is 2. The molecule has 8 heteroatoms. The average Bonchev–Trinajstić information content (AvgIpc) is 3.18. The summed E-state index contributed by atoms with van der Waals surface area (Å²) in [6, 6.07) is 11.6. The van der Waals surface area contributed by atoms with Gasteiger partial charge in [0.2, 0.25) is 5.76 Å². The molecule has 1 unspecified atom stereocenters. The van der Waals surface area contributed by atoms with E-state index >= 15 is 0 Å². The number of carbonyl (C=O) groups is 2. The van der Waals surface area contributed by atoms with Gasteiger partial charge in [-0.2, -0.15) is 0 Å². The number of benzene rings is 2. The average molecular weight is 451 g/mol. The maximum Gasteiger partial charge on any atom is 0.291 e. The Kier molecular flexibility index (Phi) is 4.69. The van der Waals surface area contributed by atoms with Gasteiger partial charge in [-0.25, -0.2) is 0 Å². The van der Waals surface area contributed by atoms with E-state index in [9.17, 15) is 19.5 Å². The van der Waals surface area contributed by atoms with Crippen molar-refractivity contribution in [2.45, 2.75) is 12.0 Å². The third-order valence-electron chi connectivity index (χ3n) is 6.05. The van der Waals surface area contributed by atoms with Gasteiger partial charge in [-0.1, -0.05) is 35.9 Å². The van der Waals surface area contributed by atoms with Crippen molar-refractivity contribution in [2.24, 2.45) is 0 Å². The van der Waals surface area contributed by atoms with Crippen LogP contribution >= 0.6 is 11.6 Å². The highest BCUT2D eigenvalue weighted by Gasteiger charge is 2.64. The number of carbonyl (C=O) groups excluding carboxylic acids is 2.